The second kappa shape index (κ2) is 11.0. The van der Waals surface area contributed by atoms with Gasteiger partial charge in [-0.15, -0.1) is 0 Å². The molecule has 0 bridgehead atoms. The van der Waals surface area contributed by atoms with Crippen LogP contribution < -0.4 is 0 Å². The van der Waals surface area contributed by atoms with Gasteiger partial charge in [-0.1, -0.05) is 24.3 Å². The summed E-state index contributed by atoms with van der Waals surface area (Å²) in [6.45, 7) is 8.83. The Morgan fingerprint density at radius 3 is 1.20 bits per heavy atom. The SMILES string of the molecule is CC[N+](C)(CC)CCOC.O=S(=O)(c1cc2ccc3cc(S(=O)(=O)C(F)(F)F)cc4ccc(c1)c2c34)C(F)(F)F. The minimum absolute atomic E-state index is 0.111. The molecule has 0 aliphatic heterocycles. The van der Waals surface area contributed by atoms with Crippen LogP contribution in [0.4, 0.5) is 26.3 Å². The van der Waals surface area contributed by atoms with Gasteiger partial charge in [-0.05, 0) is 70.4 Å². The number of likely N-dealkylation sites (N-methyl/N-ethyl adjacent to an activating group) is 1. The van der Waals surface area contributed by atoms with E-state index in [1.54, 1.807) is 7.11 Å². The lowest BCUT2D eigenvalue weighted by Crippen LogP contribution is -2.45. The molecule has 0 N–H and O–H groups in total. The maximum absolute atomic E-state index is 12.9. The minimum Gasteiger partial charge on any atom is -0.379 e. The van der Waals surface area contributed by atoms with Crippen LogP contribution >= 0.6 is 0 Å². The molecule has 0 fully saturated rings. The number of sulfone groups is 2. The Morgan fingerprint density at radius 2 is 0.975 bits per heavy atom. The Morgan fingerprint density at radius 1 is 0.675 bits per heavy atom. The van der Waals surface area contributed by atoms with Crippen molar-refractivity contribution in [3.05, 3.63) is 48.5 Å². The smallest absolute Gasteiger partial charge is 0.379 e. The zero-order valence-electron chi connectivity index (χ0n) is 22.0. The molecule has 14 heteroatoms. The van der Waals surface area contributed by atoms with Crippen LogP contribution in [0.5, 0.6) is 0 Å². The van der Waals surface area contributed by atoms with Gasteiger partial charge in [-0.2, -0.15) is 26.3 Å². The number of quaternary nitrogens is 1. The predicted octanol–water partition coefficient (Wildman–Crippen LogP) is 6.29. The molecule has 0 saturated heterocycles. The summed E-state index contributed by atoms with van der Waals surface area (Å²) in [5, 5.41) is 1.06. The van der Waals surface area contributed by atoms with Crippen molar-refractivity contribution in [1.82, 2.24) is 0 Å². The van der Waals surface area contributed by atoms with Gasteiger partial charge in [0.05, 0.1) is 36.5 Å². The molecule has 0 aromatic heterocycles. The standard InChI is InChI=1S/C18H8F6O4S2.C8H20NO/c19-17(20,21)29(25,26)13-5-9-1-2-10-6-14(30(27,28)18(22,23)24)8-12-4-3-11(7-13)15(9)16(10)12;1-5-9(3,6-2)7-8-10-4/h1-8H;5-8H2,1-4H3/q;+1. The van der Waals surface area contributed by atoms with Crippen molar-refractivity contribution >= 4 is 52.0 Å². The van der Waals surface area contributed by atoms with Gasteiger partial charge in [0.15, 0.2) is 0 Å². The highest BCUT2D eigenvalue weighted by Gasteiger charge is 2.48. The quantitative estimate of drug-likeness (QED) is 0.139. The lowest BCUT2D eigenvalue weighted by atomic mass is 9.94. The fourth-order valence-corrected chi connectivity index (χ4v) is 5.87. The summed E-state index contributed by atoms with van der Waals surface area (Å²) in [5.41, 5.74) is -11.0. The van der Waals surface area contributed by atoms with Gasteiger partial charge in [0.1, 0.15) is 6.54 Å². The van der Waals surface area contributed by atoms with E-state index in [9.17, 15) is 43.2 Å². The predicted molar refractivity (Wildman–Crippen MR) is 141 cm³/mol. The third kappa shape index (κ3) is 5.85. The Kier molecular flexibility index (Phi) is 8.72. The lowest BCUT2D eigenvalue weighted by molar-refractivity contribution is -0.906. The first-order valence-corrected chi connectivity index (χ1v) is 15.0. The largest absolute Gasteiger partial charge is 0.501 e. The Balaban J connectivity index is 0.000000378. The number of alkyl halides is 6. The second-order valence-electron chi connectivity index (χ2n) is 9.49. The van der Waals surface area contributed by atoms with Crippen molar-refractivity contribution in [3.63, 3.8) is 0 Å². The molecule has 0 aliphatic rings. The van der Waals surface area contributed by atoms with Gasteiger partial charge >= 0.3 is 11.0 Å². The fraction of sp³-hybridized carbons (Fsp3) is 0.385. The van der Waals surface area contributed by atoms with Crippen molar-refractivity contribution in [2.75, 3.05) is 40.4 Å². The van der Waals surface area contributed by atoms with Gasteiger partial charge in [0, 0.05) is 7.11 Å². The second-order valence-corrected chi connectivity index (χ2v) is 13.4. The summed E-state index contributed by atoms with van der Waals surface area (Å²) < 4.78 is 131. The van der Waals surface area contributed by atoms with Crippen molar-refractivity contribution in [2.45, 2.75) is 34.7 Å². The van der Waals surface area contributed by atoms with E-state index in [1.165, 1.54) is 37.4 Å². The zero-order chi connectivity index (χ0) is 30.3. The van der Waals surface area contributed by atoms with E-state index in [-0.39, 0.29) is 21.5 Å². The molecule has 6 nitrogen and oxygen atoms in total. The van der Waals surface area contributed by atoms with Crippen molar-refractivity contribution < 1.29 is 52.4 Å². The van der Waals surface area contributed by atoms with Crippen molar-refractivity contribution in [2.24, 2.45) is 0 Å². The summed E-state index contributed by atoms with van der Waals surface area (Å²) in [6, 6.07) is 8.20. The Labute approximate surface area is 227 Å². The highest BCUT2D eigenvalue weighted by atomic mass is 32.2. The summed E-state index contributed by atoms with van der Waals surface area (Å²) >= 11 is 0. The molecule has 0 radical (unpaired) electrons. The fourth-order valence-electron chi connectivity index (χ4n) is 4.21. The van der Waals surface area contributed by atoms with E-state index in [2.05, 4.69) is 20.9 Å². The average molecular weight is 613 g/mol. The third-order valence-electron chi connectivity index (χ3n) is 7.07. The Hall–Kier alpha value is -2.68. The normalized spacial score (nSPS) is 13.7. The van der Waals surface area contributed by atoms with Crippen LogP contribution in [0.25, 0.3) is 32.3 Å². The number of hydrogen-bond acceptors (Lipinski definition) is 5. The molecule has 0 amide bonds. The molecule has 4 aromatic carbocycles. The van der Waals surface area contributed by atoms with E-state index in [1.807, 2.05) is 0 Å². The molecule has 0 atom stereocenters. The van der Waals surface area contributed by atoms with Gasteiger partial charge in [0.25, 0.3) is 19.7 Å². The highest BCUT2D eigenvalue weighted by Crippen LogP contribution is 2.41. The lowest BCUT2D eigenvalue weighted by Gasteiger charge is -2.31. The van der Waals surface area contributed by atoms with Gasteiger partial charge in [-0.25, -0.2) is 16.8 Å². The van der Waals surface area contributed by atoms with Gasteiger partial charge < -0.3 is 9.22 Å². The van der Waals surface area contributed by atoms with Crippen LogP contribution in [0.15, 0.2) is 58.3 Å². The number of rotatable bonds is 7. The molecular weight excluding hydrogens is 584 g/mol. The molecule has 0 spiro atoms. The maximum atomic E-state index is 12.9. The topological polar surface area (TPSA) is 77.5 Å². The molecule has 0 unspecified atom stereocenters. The first kappa shape index (κ1) is 31.8. The van der Waals surface area contributed by atoms with Gasteiger partial charge in [-0.3, -0.25) is 0 Å². The van der Waals surface area contributed by atoms with Crippen LogP contribution in [0.2, 0.25) is 0 Å². The van der Waals surface area contributed by atoms with E-state index in [0.29, 0.717) is 10.8 Å². The van der Waals surface area contributed by atoms with Crippen LogP contribution in [0, 0.1) is 0 Å². The summed E-state index contributed by atoms with van der Waals surface area (Å²) in [7, 11) is -7.20. The molecule has 40 heavy (non-hydrogen) atoms. The number of ether oxygens (including phenoxy) is 1. The minimum atomic E-state index is -5.61. The number of benzene rings is 4. The van der Waals surface area contributed by atoms with Crippen LogP contribution in [0.1, 0.15) is 13.8 Å². The molecule has 220 valence electrons. The van der Waals surface area contributed by atoms with E-state index in [4.69, 9.17) is 4.74 Å². The van der Waals surface area contributed by atoms with E-state index < -0.39 is 40.5 Å². The zero-order valence-corrected chi connectivity index (χ0v) is 23.7. The van der Waals surface area contributed by atoms with Gasteiger partial charge in [0.2, 0.25) is 0 Å². The number of methoxy groups -OCH3 is 1. The molecule has 0 aliphatic carbocycles. The molecule has 4 rings (SSSR count). The maximum Gasteiger partial charge on any atom is 0.501 e. The first-order valence-electron chi connectivity index (χ1n) is 12.0. The highest BCUT2D eigenvalue weighted by molar-refractivity contribution is 7.92. The third-order valence-corrected chi connectivity index (χ3v) is 10.0. The molecule has 4 aromatic rings. The Bertz CT molecular complexity index is 1540. The molecule has 0 saturated carbocycles. The molecular formula is C26H28F6NO5S2+. The average Bonchev–Trinajstić information content (AvgIpc) is 2.88. The summed E-state index contributed by atoms with van der Waals surface area (Å²) in [5.74, 6) is 0. The first-order chi connectivity index (χ1) is 18.3. The monoisotopic (exact) mass is 612 g/mol. The summed E-state index contributed by atoms with van der Waals surface area (Å²) in [6.07, 6.45) is 0. The van der Waals surface area contributed by atoms with E-state index in [0.717, 1.165) is 41.9 Å². The number of halogens is 6. The van der Waals surface area contributed by atoms with Crippen LogP contribution in [-0.4, -0.2) is 72.7 Å². The number of nitrogens with zero attached hydrogens (tertiary/aromatic N) is 1. The van der Waals surface area contributed by atoms with E-state index >= 15 is 0 Å². The summed E-state index contributed by atoms with van der Waals surface area (Å²) in [4.78, 5) is -1.94. The number of hydrogen-bond donors (Lipinski definition) is 0. The van der Waals surface area contributed by atoms with Crippen LogP contribution in [-0.2, 0) is 24.4 Å². The van der Waals surface area contributed by atoms with Crippen LogP contribution in [0.3, 0.4) is 0 Å². The van der Waals surface area contributed by atoms with Crippen molar-refractivity contribution in [3.8, 4) is 0 Å². The molecule has 0 heterocycles. The van der Waals surface area contributed by atoms with Crippen molar-refractivity contribution in [1.29, 1.82) is 0 Å².